The Morgan fingerprint density at radius 1 is 1.21 bits per heavy atom. The van der Waals surface area contributed by atoms with E-state index in [4.69, 9.17) is 0 Å². The third-order valence-corrected chi connectivity index (χ3v) is 4.73. The fourth-order valence-corrected chi connectivity index (χ4v) is 2.91. The zero-order chi connectivity index (χ0) is 20.9. The van der Waals surface area contributed by atoms with E-state index in [1.165, 1.54) is 7.11 Å². The molecule has 1 saturated heterocycles. The predicted molar refractivity (Wildman–Crippen MR) is 102 cm³/mol. The van der Waals surface area contributed by atoms with Crippen molar-refractivity contribution in [3.05, 3.63) is 35.4 Å². The van der Waals surface area contributed by atoms with Crippen LogP contribution in [0.4, 0.5) is 4.79 Å². The summed E-state index contributed by atoms with van der Waals surface area (Å²) in [5.74, 6) is -0.844. The van der Waals surface area contributed by atoms with Crippen molar-refractivity contribution in [2.45, 2.75) is 45.7 Å². The molecule has 4 amide bonds. The first-order valence-electron chi connectivity index (χ1n) is 9.24. The van der Waals surface area contributed by atoms with Crippen molar-refractivity contribution in [2.75, 3.05) is 13.7 Å². The largest absolute Gasteiger partial charge is 0.465 e. The Kier molecular flexibility index (Phi) is 6.77. The molecule has 0 aliphatic carbocycles. The standard InChI is InChI=1S/C20H27N3O5/c1-13(2)9-10-20(3)18(26)23(19(27)22-20)12-16(24)21-11-14-5-7-15(8-6-14)17(25)28-4/h5-8,13H,9-12H2,1-4H3,(H,21,24)(H,22,27). The van der Waals surface area contributed by atoms with Gasteiger partial charge in [-0.05, 0) is 43.4 Å². The van der Waals surface area contributed by atoms with E-state index in [2.05, 4.69) is 15.4 Å². The van der Waals surface area contributed by atoms with Gasteiger partial charge in [0.1, 0.15) is 12.1 Å². The molecule has 28 heavy (non-hydrogen) atoms. The van der Waals surface area contributed by atoms with Gasteiger partial charge in [0.15, 0.2) is 0 Å². The first kappa shape index (κ1) is 21.4. The molecule has 1 heterocycles. The number of carbonyl (C=O) groups is 4. The molecule has 1 aliphatic rings. The molecule has 1 aromatic carbocycles. The zero-order valence-corrected chi connectivity index (χ0v) is 16.7. The van der Waals surface area contributed by atoms with Gasteiger partial charge in [-0.3, -0.25) is 14.5 Å². The molecule has 0 bridgehead atoms. The number of urea groups is 1. The van der Waals surface area contributed by atoms with Crippen LogP contribution >= 0.6 is 0 Å². The number of rotatable bonds is 8. The van der Waals surface area contributed by atoms with Crippen LogP contribution in [0.1, 0.15) is 49.5 Å². The third kappa shape index (κ3) is 5.09. The topological polar surface area (TPSA) is 105 Å². The summed E-state index contributed by atoms with van der Waals surface area (Å²) in [5, 5.41) is 5.38. The summed E-state index contributed by atoms with van der Waals surface area (Å²) in [7, 11) is 1.31. The minimum absolute atomic E-state index is 0.217. The summed E-state index contributed by atoms with van der Waals surface area (Å²) >= 11 is 0. The number of nitrogens with zero attached hydrogens (tertiary/aromatic N) is 1. The Bertz CT molecular complexity index is 760. The number of hydrogen-bond acceptors (Lipinski definition) is 5. The molecule has 8 nitrogen and oxygen atoms in total. The van der Waals surface area contributed by atoms with Crippen molar-refractivity contribution in [1.29, 1.82) is 0 Å². The van der Waals surface area contributed by atoms with Crippen molar-refractivity contribution >= 4 is 23.8 Å². The van der Waals surface area contributed by atoms with Gasteiger partial charge < -0.3 is 15.4 Å². The van der Waals surface area contributed by atoms with E-state index in [0.717, 1.165) is 16.9 Å². The van der Waals surface area contributed by atoms with E-state index in [1.807, 2.05) is 13.8 Å². The van der Waals surface area contributed by atoms with Gasteiger partial charge in [0.25, 0.3) is 5.91 Å². The average Bonchev–Trinajstić information content (AvgIpc) is 2.88. The smallest absolute Gasteiger partial charge is 0.337 e. The normalized spacial score (nSPS) is 19.0. The van der Waals surface area contributed by atoms with Crippen molar-refractivity contribution in [2.24, 2.45) is 5.92 Å². The van der Waals surface area contributed by atoms with Crippen LogP contribution in [0.5, 0.6) is 0 Å². The SMILES string of the molecule is COC(=O)c1ccc(CNC(=O)CN2C(=O)NC(C)(CCC(C)C)C2=O)cc1. The monoisotopic (exact) mass is 389 g/mol. The molecule has 2 rings (SSSR count). The lowest BCUT2D eigenvalue weighted by Gasteiger charge is -2.22. The van der Waals surface area contributed by atoms with E-state index in [9.17, 15) is 19.2 Å². The van der Waals surface area contributed by atoms with Gasteiger partial charge in [-0.15, -0.1) is 0 Å². The highest BCUT2D eigenvalue weighted by Gasteiger charge is 2.47. The molecule has 1 aliphatic heterocycles. The summed E-state index contributed by atoms with van der Waals surface area (Å²) in [6.07, 6.45) is 1.32. The number of amides is 4. The molecule has 1 fully saturated rings. The van der Waals surface area contributed by atoms with Crippen LogP contribution in [0.2, 0.25) is 0 Å². The first-order chi connectivity index (χ1) is 13.2. The lowest BCUT2D eigenvalue weighted by molar-refractivity contribution is -0.134. The van der Waals surface area contributed by atoms with E-state index in [0.29, 0.717) is 17.9 Å². The maximum absolute atomic E-state index is 12.6. The molecular weight excluding hydrogens is 362 g/mol. The summed E-state index contributed by atoms with van der Waals surface area (Å²) in [5.41, 5.74) is 0.225. The van der Waals surface area contributed by atoms with E-state index in [1.54, 1.807) is 31.2 Å². The second-order valence-corrected chi connectivity index (χ2v) is 7.55. The first-order valence-corrected chi connectivity index (χ1v) is 9.24. The van der Waals surface area contributed by atoms with Crippen LogP contribution in [0.25, 0.3) is 0 Å². The van der Waals surface area contributed by atoms with Gasteiger partial charge in [-0.2, -0.15) is 0 Å². The molecule has 1 unspecified atom stereocenters. The number of esters is 1. The Morgan fingerprint density at radius 3 is 2.43 bits per heavy atom. The Balaban J connectivity index is 1.89. The quantitative estimate of drug-likeness (QED) is 0.521. The fraction of sp³-hybridized carbons (Fsp3) is 0.500. The van der Waals surface area contributed by atoms with Crippen molar-refractivity contribution in [1.82, 2.24) is 15.5 Å². The van der Waals surface area contributed by atoms with E-state index < -0.39 is 23.4 Å². The van der Waals surface area contributed by atoms with E-state index >= 15 is 0 Å². The van der Waals surface area contributed by atoms with Gasteiger partial charge in [-0.25, -0.2) is 9.59 Å². The van der Waals surface area contributed by atoms with Crippen molar-refractivity contribution < 1.29 is 23.9 Å². The fourth-order valence-electron chi connectivity index (χ4n) is 2.91. The molecular formula is C20H27N3O5. The molecule has 1 atom stereocenters. The number of methoxy groups -OCH3 is 1. The minimum Gasteiger partial charge on any atom is -0.465 e. The number of ether oxygens (including phenoxy) is 1. The highest BCUT2D eigenvalue weighted by molar-refractivity contribution is 6.08. The predicted octanol–water partition coefficient (Wildman–Crippen LogP) is 1.84. The molecule has 0 radical (unpaired) electrons. The zero-order valence-electron chi connectivity index (χ0n) is 16.7. The molecule has 152 valence electrons. The molecule has 8 heteroatoms. The van der Waals surface area contributed by atoms with Crippen LogP contribution in [0.3, 0.4) is 0 Å². The number of imide groups is 1. The highest BCUT2D eigenvalue weighted by atomic mass is 16.5. The molecule has 2 N–H and O–H groups in total. The van der Waals surface area contributed by atoms with Gasteiger partial charge in [0.2, 0.25) is 5.91 Å². The summed E-state index contributed by atoms with van der Waals surface area (Å²) in [4.78, 5) is 49.3. The second-order valence-electron chi connectivity index (χ2n) is 7.55. The van der Waals surface area contributed by atoms with Crippen LogP contribution in [0, 0.1) is 5.92 Å². The second kappa shape index (κ2) is 8.86. The van der Waals surface area contributed by atoms with Gasteiger partial charge in [0, 0.05) is 6.54 Å². The average molecular weight is 389 g/mol. The van der Waals surface area contributed by atoms with Gasteiger partial charge in [0.05, 0.1) is 12.7 Å². The summed E-state index contributed by atoms with van der Waals surface area (Å²) in [6, 6.07) is 6.05. The minimum atomic E-state index is -0.967. The van der Waals surface area contributed by atoms with Crippen LogP contribution in [0.15, 0.2) is 24.3 Å². The molecule has 0 saturated carbocycles. The lowest BCUT2D eigenvalue weighted by atomic mass is 9.92. The Labute approximate surface area is 164 Å². The van der Waals surface area contributed by atoms with Gasteiger partial charge >= 0.3 is 12.0 Å². The number of nitrogens with one attached hydrogen (secondary N) is 2. The maximum atomic E-state index is 12.6. The Morgan fingerprint density at radius 2 is 1.86 bits per heavy atom. The number of carbonyl (C=O) groups excluding carboxylic acids is 4. The van der Waals surface area contributed by atoms with Crippen LogP contribution in [-0.2, 0) is 20.9 Å². The van der Waals surface area contributed by atoms with Crippen LogP contribution < -0.4 is 10.6 Å². The maximum Gasteiger partial charge on any atom is 0.337 e. The summed E-state index contributed by atoms with van der Waals surface area (Å²) < 4.78 is 4.63. The van der Waals surface area contributed by atoms with E-state index in [-0.39, 0.29) is 19.0 Å². The number of benzene rings is 1. The molecule has 1 aromatic rings. The van der Waals surface area contributed by atoms with Crippen molar-refractivity contribution in [3.63, 3.8) is 0 Å². The number of hydrogen-bond donors (Lipinski definition) is 2. The van der Waals surface area contributed by atoms with Crippen LogP contribution in [-0.4, -0.2) is 47.9 Å². The third-order valence-electron chi connectivity index (χ3n) is 4.73. The molecule has 0 spiro atoms. The summed E-state index contributed by atoms with van der Waals surface area (Å²) in [6.45, 7) is 5.67. The molecule has 0 aromatic heterocycles. The highest BCUT2D eigenvalue weighted by Crippen LogP contribution is 2.24. The van der Waals surface area contributed by atoms with Crippen molar-refractivity contribution in [3.8, 4) is 0 Å². The lowest BCUT2D eigenvalue weighted by Crippen LogP contribution is -2.45. The van der Waals surface area contributed by atoms with Gasteiger partial charge in [-0.1, -0.05) is 26.0 Å². The Hall–Kier alpha value is -2.90.